The first-order valence-corrected chi connectivity index (χ1v) is 6.08. The molecule has 0 saturated heterocycles. The van der Waals surface area contributed by atoms with Crippen LogP contribution in [-0.2, 0) is 0 Å². The highest BCUT2D eigenvalue weighted by Gasteiger charge is 1.98. The van der Waals surface area contributed by atoms with Crippen LogP contribution >= 0.6 is 15.9 Å². The second-order valence-corrected chi connectivity index (χ2v) is 4.74. The third-order valence-electron chi connectivity index (χ3n) is 2.40. The summed E-state index contributed by atoms with van der Waals surface area (Å²) in [5.74, 6) is 0. The van der Waals surface area contributed by atoms with E-state index in [4.69, 9.17) is 0 Å². The highest BCUT2D eigenvalue weighted by atomic mass is 79.9. The Kier molecular flexibility index (Phi) is 3.59. The van der Waals surface area contributed by atoms with Crippen molar-refractivity contribution in [1.29, 1.82) is 0 Å². The molecule has 0 aromatic heterocycles. The topological polar surface area (TPSA) is 29.1 Å². The summed E-state index contributed by atoms with van der Waals surface area (Å²) >= 11 is 3.34. The second kappa shape index (κ2) is 5.15. The lowest BCUT2D eigenvalue weighted by Crippen LogP contribution is -2.03. The van der Waals surface area contributed by atoms with Crippen molar-refractivity contribution in [3.05, 3.63) is 68.8 Å². The van der Waals surface area contributed by atoms with Gasteiger partial charge < -0.3 is 5.32 Å². The third-order valence-corrected chi connectivity index (χ3v) is 2.93. The fourth-order valence-electron chi connectivity index (χ4n) is 1.44. The van der Waals surface area contributed by atoms with Crippen LogP contribution in [0.5, 0.6) is 0 Å². The van der Waals surface area contributed by atoms with Crippen LogP contribution in [0.3, 0.4) is 0 Å². The van der Waals surface area contributed by atoms with Gasteiger partial charge in [-0.1, -0.05) is 33.6 Å². The van der Waals surface area contributed by atoms with E-state index in [1.54, 1.807) is 18.2 Å². The van der Waals surface area contributed by atoms with Crippen LogP contribution < -0.4 is 10.7 Å². The molecule has 86 valence electrons. The normalized spacial score (nSPS) is 10.0. The standard InChI is InChI=1S/C14H12BrNO/c1-10-2-6-12(7-3-10)16-13-8-4-11(15)5-9-14(13)17/h2-9H,1H3,(H,16,17). The van der Waals surface area contributed by atoms with E-state index < -0.39 is 0 Å². The SMILES string of the molecule is Cc1ccc(Nc2ccc(Br)ccc2=O)cc1. The summed E-state index contributed by atoms with van der Waals surface area (Å²) in [6.07, 6.45) is 0. The summed E-state index contributed by atoms with van der Waals surface area (Å²) in [5.41, 5.74) is 2.64. The van der Waals surface area contributed by atoms with E-state index in [1.165, 1.54) is 5.56 Å². The van der Waals surface area contributed by atoms with Crippen molar-refractivity contribution < 1.29 is 0 Å². The van der Waals surface area contributed by atoms with E-state index in [-0.39, 0.29) is 5.43 Å². The predicted molar refractivity (Wildman–Crippen MR) is 74.9 cm³/mol. The number of hydrogen-bond donors (Lipinski definition) is 1. The fourth-order valence-corrected chi connectivity index (χ4v) is 1.71. The van der Waals surface area contributed by atoms with Crippen LogP contribution in [0.15, 0.2) is 57.8 Å². The zero-order chi connectivity index (χ0) is 12.3. The van der Waals surface area contributed by atoms with Crippen LogP contribution in [0.4, 0.5) is 11.4 Å². The predicted octanol–water partition coefficient (Wildman–Crippen LogP) is 3.86. The smallest absolute Gasteiger partial charge is 0.202 e. The largest absolute Gasteiger partial charge is 0.352 e. The molecule has 0 fully saturated rings. The molecular weight excluding hydrogens is 278 g/mol. The monoisotopic (exact) mass is 289 g/mol. The van der Waals surface area contributed by atoms with Gasteiger partial charge in [-0.2, -0.15) is 0 Å². The van der Waals surface area contributed by atoms with Crippen LogP contribution in [-0.4, -0.2) is 0 Å². The van der Waals surface area contributed by atoms with E-state index in [2.05, 4.69) is 21.2 Å². The summed E-state index contributed by atoms with van der Waals surface area (Å²) in [6, 6.07) is 14.8. The van der Waals surface area contributed by atoms with Crippen LogP contribution in [0.1, 0.15) is 5.56 Å². The van der Waals surface area contributed by atoms with Gasteiger partial charge in [-0.05, 0) is 43.3 Å². The van der Waals surface area contributed by atoms with Crippen molar-refractivity contribution in [1.82, 2.24) is 0 Å². The lowest BCUT2D eigenvalue weighted by molar-refractivity contribution is 1.45. The Labute approximate surface area is 108 Å². The van der Waals surface area contributed by atoms with Gasteiger partial charge in [-0.3, -0.25) is 4.79 Å². The molecule has 0 aliphatic carbocycles. The summed E-state index contributed by atoms with van der Waals surface area (Å²) < 4.78 is 0.881. The quantitative estimate of drug-likeness (QED) is 0.910. The van der Waals surface area contributed by atoms with Crippen LogP contribution in [0, 0.1) is 6.92 Å². The van der Waals surface area contributed by atoms with E-state index >= 15 is 0 Å². The Balaban J connectivity index is 2.34. The molecule has 2 aromatic rings. The molecule has 0 atom stereocenters. The number of hydrogen-bond acceptors (Lipinski definition) is 2. The molecule has 0 aliphatic rings. The van der Waals surface area contributed by atoms with Crippen molar-refractivity contribution in [2.75, 3.05) is 5.32 Å². The molecule has 0 aliphatic heterocycles. The van der Waals surface area contributed by atoms with E-state index in [1.807, 2.05) is 37.3 Å². The summed E-state index contributed by atoms with van der Waals surface area (Å²) in [4.78, 5) is 11.8. The Morgan fingerprint density at radius 2 is 1.59 bits per heavy atom. The first-order chi connectivity index (χ1) is 8.15. The molecule has 3 heteroatoms. The molecule has 17 heavy (non-hydrogen) atoms. The highest BCUT2D eigenvalue weighted by Crippen LogP contribution is 2.15. The molecule has 0 radical (unpaired) electrons. The van der Waals surface area contributed by atoms with Crippen LogP contribution in [0.2, 0.25) is 0 Å². The minimum Gasteiger partial charge on any atom is -0.352 e. The Morgan fingerprint density at radius 3 is 2.29 bits per heavy atom. The van der Waals surface area contributed by atoms with Gasteiger partial charge in [0.05, 0.1) is 5.69 Å². The minimum atomic E-state index is -0.0312. The van der Waals surface area contributed by atoms with E-state index in [9.17, 15) is 4.79 Å². The third kappa shape index (κ3) is 3.17. The molecule has 0 amide bonds. The van der Waals surface area contributed by atoms with E-state index in [0.717, 1.165) is 10.2 Å². The maximum atomic E-state index is 11.8. The average Bonchev–Trinajstić information content (AvgIpc) is 2.47. The lowest BCUT2D eigenvalue weighted by Gasteiger charge is -2.03. The zero-order valence-electron chi connectivity index (χ0n) is 9.41. The van der Waals surface area contributed by atoms with Gasteiger partial charge in [0, 0.05) is 10.2 Å². The van der Waals surface area contributed by atoms with Crippen molar-refractivity contribution in [3.63, 3.8) is 0 Å². The molecular formula is C14H12BrNO. The minimum absolute atomic E-state index is 0.0312. The lowest BCUT2D eigenvalue weighted by atomic mass is 10.2. The molecule has 1 N–H and O–H groups in total. The molecule has 2 nitrogen and oxygen atoms in total. The van der Waals surface area contributed by atoms with Gasteiger partial charge in [0.15, 0.2) is 0 Å². The molecule has 2 rings (SSSR count). The molecule has 0 bridgehead atoms. The first-order valence-electron chi connectivity index (χ1n) is 5.29. The van der Waals surface area contributed by atoms with E-state index in [0.29, 0.717) is 5.69 Å². The number of rotatable bonds is 2. The Hall–Kier alpha value is -1.61. The maximum Gasteiger partial charge on any atom is 0.202 e. The van der Waals surface area contributed by atoms with Crippen molar-refractivity contribution in [3.8, 4) is 0 Å². The fraction of sp³-hybridized carbons (Fsp3) is 0.0714. The van der Waals surface area contributed by atoms with Gasteiger partial charge in [-0.25, -0.2) is 0 Å². The Morgan fingerprint density at radius 1 is 0.941 bits per heavy atom. The molecule has 0 spiro atoms. The van der Waals surface area contributed by atoms with Gasteiger partial charge in [0.25, 0.3) is 0 Å². The van der Waals surface area contributed by atoms with Gasteiger partial charge >= 0.3 is 0 Å². The molecule has 0 saturated carbocycles. The molecule has 2 aromatic carbocycles. The second-order valence-electron chi connectivity index (χ2n) is 3.82. The number of halogens is 1. The van der Waals surface area contributed by atoms with Crippen LogP contribution in [0.25, 0.3) is 0 Å². The van der Waals surface area contributed by atoms with Crippen molar-refractivity contribution >= 4 is 27.3 Å². The molecule has 0 heterocycles. The van der Waals surface area contributed by atoms with Gasteiger partial charge in [0.1, 0.15) is 0 Å². The summed E-state index contributed by atoms with van der Waals surface area (Å²) in [7, 11) is 0. The number of benzene rings is 1. The maximum absolute atomic E-state index is 11.8. The van der Waals surface area contributed by atoms with Gasteiger partial charge in [0.2, 0.25) is 5.43 Å². The number of nitrogens with one attached hydrogen (secondary N) is 1. The van der Waals surface area contributed by atoms with Crippen molar-refractivity contribution in [2.45, 2.75) is 6.92 Å². The summed E-state index contributed by atoms with van der Waals surface area (Å²) in [5, 5.41) is 3.11. The Bertz CT molecular complexity index is 578. The summed E-state index contributed by atoms with van der Waals surface area (Å²) in [6.45, 7) is 2.03. The number of aryl methyl sites for hydroxylation is 1. The first kappa shape index (κ1) is 11.9. The zero-order valence-corrected chi connectivity index (χ0v) is 11.0. The average molecular weight is 290 g/mol. The number of anilines is 2. The highest BCUT2D eigenvalue weighted by molar-refractivity contribution is 9.10. The van der Waals surface area contributed by atoms with Crippen molar-refractivity contribution in [2.24, 2.45) is 0 Å². The molecule has 0 unspecified atom stereocenters. The van der Waals surface area contributed by atoms with Gasteiger partial charge in [-0.15, -0.1) is 0 Å².